The minimum absolute atomic E-state index is 0.232. The van der Waals surface area contributed by atoms with Crippen LogP contribution in [0, 0.1) is 0 Å². The minimum Gasteiger partial charge on any atom is -0.458 e. The van der Waals surface area contributed by atoms with Crippen LogP contribution in [0.3, 0.4) is 0 Å². The molecule has 0 radical (unpaired) electrons. The molecule has 0 fully saturated rings. The summed E-state index contributed by atoms with van der Waals surface area (Å²) >= 11 is 6.24. The van der Waals surface area contributed by atoms with E-state index in [0.717, 1.165) is 33.1 Å². The fourth-order valence-electron chi connectivity index (χ4n) is 3.33. The zero-order valence-corrected chi connectivity index (χ0v) is 17.9. The summed E-state index contributed by atoms with van der Waals surface area (Å²) in [4.78, 5) is 9.24. The molecule has 0 aliphatic rings. The summed E-state index contributed by atoms with van der Waals surface area (Å²) in [6, 6.07) is 21.6. The molecule has 3 aromatic heterocycles. The molecule has 160 valence electrons. The third kappa shape index (κ3) is 3.97. The molecular weight excluding hydrogens is 428 g/mol. The first kappa shape index (κ1) is 20.0. The Balaban J connectivity index is 1.36. The molecule has 0 saturated heterocycles. The number of aromatic nitrogens is 7. The predicted octanol–water partition coefficient (Wildman–Crippen LogP) is 3.79. The first-order valence-corrected chi connectivity index (χ1v) is 10.3. The number of nitrogens with one attached hydrogen (secondary N) is 1. The summed E-state index contributed by atoms with van der Waals surface area (Å²) in [5, 5.41) is 15.8. The van der Waals surface area contributed by atoms with Crippen molar-refractivity contribution in [3.63, 3.8) is 0 Å². The summed E-state index contributed by atoms with van der Waals surface area (Å²) in [5.41, 5.74) is 3.39. The maximum atomic E-state index is 6.24. The lowest BCUT2D eigenvalue weighted by Gasteiger charge is -2.10. The van der Waals surface area contributed by atoms with Gasteiger partial charge in [-0.15, -0.1) is 0 Å². The number of aryl methyl sites for hydroxylation is 1. The first-order chi connectivity index (χ1) is 15.7. The Hall–Kier alpha value is -3.98. The maximum absolute atomic E-state index is 6.24. The number of anilines is 1. The molecule has 0 bridgehead atoms. The van der Waals surface area contributed by atoms with Crippen molar-refractivity contribution in [3.8, 4) is 12.0 Å². The van der Waals surface area contributed by atoms with Crippen molar-refractivity contribution in [2.75, 3.05) is 5.32 Å². The Bertz CT molecular complexity index is 1380. The highest BCUT2D eigenvalue weighted by molar-refractivity contribution is 6.31. The SMILES string of the molecule is Cn1nnnc1-n1c(OCc2cccc(NCc3ccccc3Cl)n2)nc2ccccc21. The van der Waals surface area contributed by atoms with Crippen molar-refractivity contribution >= 4 is 28.5 Å². The molecule has 2 aromatic carbocycles. The number of ether oxygens (including phenoxy) is 1. The number of pyridine rings is 1. The Labute approximate surface area is 188 Å². The molecule has 0 amide bonds. The number of tetrazole rings is 1. The highest BCUT2D eigenvalue weighted by atomic mass is 35.5. The van der Waals surface area contributed by atoms with E-state index >= 15 is 0 Å². The Morgan fingerprint density at radius 3 is 2.66 bits per heavy atom. The van der Waals surface area contributed by atoms with Gasteiger partial charge in [0.2, 0.25) is 0 Å². The third-order valence-electron chi connectivity index (χ3n) is 4.90. The van der Waals surface area contributed by atoms with E-state index in [4.69, 9.17) is 16.3 Å². The number of rotatable bonds is 7. The molecule has 0 atom stereocenters. The van der Waals surface area contributed by atoms with Crippen LogP contribution >= 0.6 is 11.6 Å². The molecule has 5 rings (SSSR count). The maximum Gasteiger partial charge on any atom is 0.305 e. The fourth-order valence-corrected chi connectivity index (χ4v) is 3.54. The van der Waals surface area contributed by atoms with Crippen molar-refractivity contribution < 1.29 is 4.74 Å². The van der Waals surface area contributed by atoms with Crippen molar-refractivity contribution in [2.24, 2.45) is 7.05 Å². The van der Waals surface area contributed by atoms with E-state index in [9.17, 15) is 0 Å². The lowest BCUT2D eigenvalue weighted by molar-refractivity contribution is 0.272. The van der Waals surface area contributed by atoms with Crippen LogP contribution in [0.1, 0.15) is 11.3 Å². The van der Waals surface area contributed by atoms with E-state index < -0.39 is 0 Å². The average molecular weight is 447 g/mol. The van der Waals surface area contributed by atoms with Crippen molar-refractivity contribution in [1.82, 2.24) is 34.7 Å². The van der Waals surface area contributed by atoms with Crippen LogP contribution in [0.4, 0.5) is 5.82 Å². The summed E-state index contributed by atoms with van der Waals surface area (Å²) < 4.78 is 9.41. The van der Waals surface area contributed by atoms with Gasteiger partial charge in [-0.05, 0) is 46.3 Å². The smallest absolute Gasteiger partial charge is 0.305 e. The normalized spacial score (nSPS) is 11.1. The van der Waals surface area contributed by atoms with Gasteiger partial charge >= 0.3 is 6.01 Å². The van der Waals surface area contributed by atoms with Gasteiger partial charge in [0.05, 0.1) is 16.7 Å². The summed E-state index contributed by atoms with van der Waals surface area (Å²) in [6.07, 6.45) is 0. The van der Waals surface area contributed by atoms with E-state index in [1.165, 1.54) is 0 Å². The molecule has 32 heavy (non-hydrogen) atoms. The lowest BCUT2D eigenvalue weighted by Crippen LogP contribution is -2.09. The van der Waals surface area contributed by atoms with Crippen molar-refractivity contribution in [2.45, 2.75) is 13.2 Å². The Morgan fingerprint density at radius 1 is 0.969 bits per heavy atom. The zero-order valence-electron chi connectivity index (χ0n) is 17.2. The second kappa shape index (κ2) is 8.64. The number of fused-ring (bicyclic) bond motifs is 1. The number of hydrogen-bond acceptors (Lipinski definition) is 7. The van der Waals surface area contributed by atoms with Crippen LogP contribution in [0.15, 0.2) is 66.7 Å². The highest BCUT2D eigenvalue weighted by Crippen LogP contribution is 2.25. The highest BCUT2D eigenvalue weighted by Gasteiger charge is 2.18. The predicted molar refractivity (Wildman–Crippen MR) is 121 cm³/mol. The fraction of sp³-hybridized carbons (Fsp3) is 0.136. The molecule has 9 nitrogen and oxygen atoms in total. The molecule has 0 aliphatic carbocycles. The number of halogens is 1. The molecule has 3 heterocycles. The largest absolute Gasteiger partial charge is 0.458 e. The van der Waals surface area contributed by atoms with Crippen LogP contribution in [0.25, 0.3) is 17.0 Å². The van der Waals surface area contributed by atoms with E-state index in [-0.39, 0.29) is 6.61 Å². The number of nitrogens with zero attached hydrogens (tertiary/aromatic N) is 7. The van der Waals surface area contributed by atoms with Crippen molar-refractivity contribution in [1.29, 1.82) is 0 Å². The quantitative estimate of drug-likeness (QED) is 0.406. The molecule has 10 heteroatoms. The molecule has 0 aliphatic heterocycles. The lowest BCUT2D eigenvalue weighted by atomic mass is 10.2. The zero-order chi connectivity index (χ0) is 21.9. The van der Waals surface area contributed by atoms with Gasteiger partial charge in [0.1, 0.15) is 12.4 Å². The molecule has 1 N–H and O–H groups in total. The summed E-state index contributed by atoms with van der Waals surface area (Å²) in [7, 11) is 1.77. The summed E-state index contributed by atoms with van der Waals surface area (Å²) in [6.45, 7) is 0.808. The Morgan fingerprint density at radius 2 is 1.81 bits per heavy atom. The number of hydrogen-bond donors (Lipinski definition) is 1. The second-order valence-electron chi connectivity index (χ2n) is 7.07. The molecule has 5 aromatic rings. The molecule has 0 saturated carbocycles. The van der Waals surface area contributed by atoms with Gasteiger partial charge in [-0.3, -0.25) is 0 Å². The van der Waals surface area contributed by atoms with Crippen LogP contribution in [0.5, 0.6) is 6.01 Å². The molecule has 0 unspecified atom stereocenters. The van der Waals surface area contributed by atoms with E-state index in [1.54, 1.807) is 16.3 Å². The van der Waals surface area contributed by atoms with Gasteiger partial charge < -0.3 is 10.1 Å². The standard InChI is InChI=1S/C22H19ClN8O/c1-30-21(27-28-29-30)31-19-11-5-4-10-18(19)26-22(31)32-14-16-8-6-12-20(25-16)24-13-15-7-2-3-9-17(15)23/h2-12H,13-14H2,1H3,(H,24,25). The van der Waals surface area contributed by atoms with Crippen LogP contribution in [0.2, 0.25) is 5.02 Å². The monoisotopic (exact) mass is 446 g/mol. The third-order valence-corrected chi connectivity index (χ3v) is 5.27. The number of benzene rings is 2. The van der Waals surface area contributed by atoms with Crippen LogP contribution < -0.4 is 10.1 Å². The van der Waals surface area contributed by atoms with E-state index in [0.29, 0.717) is 18.5 Å². The Kier molecular flexibility index (Phi) is 5.39. The number of imidazole rings is 1. The topological polar surface area (TPSA) is 95.6 Å². The molecular formula is C22H19ClN8O. The van der Waals surface area contributed by atoms with E-state index in [2.05, 4.69) is 30.8 Å². The minimum atomic E-state index is 0.232. The van der Waals surface area contributed by atoms with Gasteiger partial charge in [-0.25, -0.2) is 14.2 Å². The van der Waals surface area contributed by atoms with Crippen LogP contribution in [-0.2, 0) is 20.2 Å². The first-order valence-electron chi connectivity index (χ1n) is 9.95. The van der Waals surface area contributed by atoms with E-state index in [1.807, 2.05) is 66.7 Å². The van der Waals surface area contributed by atoms with Gasteiger partial charge in [-0.2, -0.15) is 4.98 Å². The summed E-state index contributed by atoms with van der Waals surface area (Å²) in [5.74, 6) is 1.24. The van der Waals surface area contributed by atoms with Gasteiger partial charge in [0.15, 0.2) is 0 Å². The van der Waals surface area contributed by atoms with Gasteiger partial charge in [-0.1, -0.05) is 53.1 Å². The average Bonchev–Trinajstić information content (AvgIpc) is 3.40. The second-order valence-corrected chi connectivity index (χ2v) is 7.48. The van der Waals surface area contributed by atoms with Gasteiger partial charge in [0, 0.05) is 18.6 Å². The van der Waals surface area contributed by atoms with Crippen LogP contribution in [-0.4, -0.2) is 34.7 Å². The van der Waals surface area contributed by atoms with Gasteiger partial charge in [0.25, 0.3) is 5.95 Å². The van der Waals surface area contributed by atoms with Crippen molar-refractivity contribution in [3.05, 3.63) is 83.0 Å². The number of para-hydroxylation sites is 2. The molecule has 0 spiro atoms.